The molecule has 2 aliphatic rings. The number of ether oxygens (including phenoxy) is 1. The number of aromatic nitrogens is 3. The van der Waals surface area contributed by atoms with Gasteiger partial charge in [0.25, 0.3) is 0 Å². The van der Waals surface area contributed by atoms with Crippen molar-refractivity contribution in [1.29, 1.82) is 0 Å². The largest absolute Gasteiger partial charge is 0.360 e. The highest BCUT2D eigenvalue weighted by atomic mass is 28.3. The van der Waals surface area contributed by atoms with Crippen LogP contribution in [-0.2, 0) is 35.8 Å². The standard InChI is InChI=1S/C25H39N5O2Si/c1-25(2)11-8-6-7-9-19-15-20(10-12-26-19)27-23-21-16-29(24(25)31)17-22(21)30(28-23)18-32-13-14-33(3,4)5/h10,12,15H,6-9,11,13-14,16-18H2,1-5H3,(H,27,28). The van der Waals surface area contributed by atoms with Crippen LogP contribution in [0.4, 0.5) is 11.5 Å². The summed E-state index contributed by atoms with van der Waals surface area (Å²) in [5.41, 5.74) is 3.90. The molecule has 2 aliphatic heterocycles. The van der Waals surface area contributed by atoms with Crippen LogP contribution in [0.25, 0.3) is 0 Å². The molecule has 33 heavy (non-hydrogen) atoms. The van der Waals surface area contributed by atoms with Crippen molar-refractivity contribution < 1.29 is 9.53 Å². The van der Waals surface area contributed by atoms with Gasteiger partial charge in [0.1, 0.15) is 6.73 Å². The minimum absolute atomic E-state index is 0.230. The number of carbonyl (C=O) groups is 1. The van der Waals surface area contributed by atoms with E-state index in [1.165, 1.54) is 0 Å². The molecule has 0 spiro atoms. The zero-order chi connectivity index (χ0) is 23.6. The Bertz CT molecular complexity index is 995. The van der Waals surface area contributed by atoms with E-state index in [0.29, 0.717) is 19.8 Å². The summed E-state index contributed by atoms with van der Waals surface area (Å²) in [6, 6.07) is 5.23. The van der Waals surface area contributed by atoms with Crippen LogP contribution in [0.15, 0.2) is 18.3 Å². The van der Waals surface area contributed by atoms with Gasteiger partial charge in [-0.1, -0.05) is 46.3 Å². The van der Waals surface area contributed by atoms with Crippen LogP contribution in [0.3, 0.4) is 0 Å². The molecule has 4 bridgehead atoms. The lowest BCUT2D eigenvalue weighted by Gasteiger charge is -2.29. The van der Waals surface area contributed by atoms with Crippen LogP contribution in [0.5, 0.6) is 0 Å². The van der Waals surface area contributed by atoms with Gasteiger partial charge in [0.2, 0.25) is 5.91 Å². The molecule has 4 rings (SSSR count). The predicted molar refractivity (Wildman–Crippen MR) is 134 cm³/mol. The van der Waals surface area contributed by atoms with Gasteiger partial charge in [0.05, 0.1) is 18.8 Å². The Kier molecular flexibility index (Phi) is 6.95. The van der Waals surface area contributed by atoms with Gasteiger partial charge in [-0.15, -0.1) is 0 Å². The van der Waals surface area contributed by atoms with Crippen molar-refractivity contribution in [3.63, 3.8) is 0 Å². The average molecular weight is 470 g/mol. The normalized spacial score (nSPS) is 18.6. The number of amides is 1. The van der Waals surface area contributed by atoms with Gasteiger partial charge in [0.15, 0.2) is 5.82 Å². The molecule has 180 valence electrons. The summed E-state index contributed by atoms with van der Waals surface area (Å²) in [5, 5.41) is 8.37. The first kappa shape index (κ1) is 23.9. The topological polar surface area (TPSA) is 72.3 Å². The van der Waals surface area contributed by atoms with Crippen molar-refractivity contribution in [2.45, 2.75) is 91.5 Å². The fourth-order valence-corrected chi connectivity index (χ4v) is 5.36. The van der Waals surface area contributed by atoms with Gasteiger partial charge in [0, 0.05) is 43.2 Å². The van der Waals surface area contributed by atoms with Crippen LogP contribution < -0.4 is 5.32 Å². The van der Waals surface area contributed by atoms with E-state index in [1.54, 1.807) is 0 Å². The molecule has 4 heterocycles. The summed E-state index contributed by atoms with van der Waals surface area (Å²) in [4.78, 5) is 20.0. The molecule has 0 atom stereocenters. The van der Waals surface area contributed by atoms with Crippen molar-refractivity contribution in [3.8, 4) is 0 Å². The summed E-state index contributed by atoms with van der Waals surface area (Å²) in [6.45, 7) is 13.6. The minimum Gasteiger partial charge on any atom is -0.360 e. The molecule has 0 fully saturated rings. The van der Waals surface area contributed by atoms with Crippen molar-refractivity contribution in [3.05, 3.63) is 35.3 Å². The van der Waals surface area contributed by atoms with E-state index in [1.807, 2.05) is 21.8 Å². The minimum atomic E-state index is -1.15. The quantitative estimate of drug-likeness (QED) is 0.474. The summed E-state index contributed by atoms with van der Waals surface area (Å²) < 4.78 is 7.97. The van der Waals surface area contributed by atoms with E-state index in [2.05, 4.69) is 49.9 Å². The number of hydrogen-bond donors (Lipinski definition) is 1. The van der Waals surface area contributed by atoms with E-state index < -0.39 is 8.07 Å². The molecule has 0 aliphatic carbocycles. The van der Waals surface area contributed by atoms with E-state index in [9.17, 15) is 4.79 Å². The molecule has 0 saturated carbocycles. The van der Waals surface area contributed by atoms with Gasteiger partial charge < -0.3 is 15.0 Å². The number of nitrogens with one attached hydrogen (secondary N) is 1. The first-order chi connectivity index (χ1) is 15.6. The number of hydrogen-bond acceptors (Lipinski definition) is 5. The molecule has 7 nitrogen and oxygen atoms in total. The van der Waals surface area contributed by atoms with Gasteiger partial charge in [-0.25, -0.2) is 4.68 Å². The van der Waals surface area contributed by atoms with Crippen LogP contribution in [0, 0.1) is 5.41 Å². The fourth-order valence-electron chi connectivity index (χ4n) is 4.60. The lowest BCUT2D eigenvalue weighted by molar-refractivity contribution is -0.141. The SMILES string of the molecule is CC1(C)CCCCCc2cc(ccn2)Nc2nn(COCC[Si](C)(C)C)c3c2CN(C3)C1=O. The molecule has 0 aromatic carbocycles. The van der Waals surface area contributed by atoms with Gasteiger partial charge in [-0.3, -0.25) is 9.78 Å². The molecule has 8 heteroatoms. The number of aryl methyl sites for hydroxylation is 1. The number of carbonyl (C=O) groups excluding carboxylic acids is 1. The van der Waals surface area contributed by atoms with E-state index in [-0.39, 0.29) is 11.3 Å². The Labute approximate surface area is 198 Å². The molecule has 0 radical (unpaired) electrons. The van der Waals surface area contributed by atoms with Crippen LogP contribution in [0.2, 0.25) is 25.7 Å². The van der Waals surface area contributed by atoms with Crippen molar-refractivity contribution in [2.24, 2.45) is 5.41 Å². The third-order valence-electron chi connectivity index (χ3n) is 6.75. The molecule has 2 aromatic heterocycles. The molecular formula is C25H39N5O2Si. The maximum atomic E-state index is 13.5. The van der Waals surface area contributed by atoms with E-state index >= 15 is 0 Å². The monoisotopic (exact) mass is 469 g/mol. The third kappa shape index (κ3) is 5.84. The maximum Gasteiger partial charge on any atom is 0.228 e. The van der Waals surface area contributed by atoms with Crippen LogP contribution >= 0.6 is 0 Å². The Morgan fingerprint density at radius 2 is 2.00 bits per heavy atom. The number of anilines is 2. The highest BCUT2D eigenvalue weighted by Gasteiger charge is 2.37. The third-order valence-corrected chi connectivity index (χ3v) is 8.45. The smallest absolute Gasteiger partial charge is 0.228 e. The van der Waals surface area contributed by atoms with Crippen molar-refractivity contribution >= 4 is 25.5 Å². The highest BCUT2D eigenvalue weighted by Crippen LogP contribution is 2.36. The van der Waals surface area contributed by atoms with Gasteiger partial charge >= 0.3 is 0 Å². The molecule has 0 saturated heterocycles. The number of rotatable bonds is 5. The zero-order valence-electron chi connectivity index (χ0n) is 20.9. The zero-order valence-corrected chi connectivity index (χ0v) is 21.9. The summed E-state index contributed by atoms with van der Waals surface area (Å²) in [7, 11) is -1.15. The number of pyridine rings is 1. The highest BCUT2D eigenvalue weighted by molar-refractivity contribution is 6.76. The second kappa shape index (κ2) is 9.58. The second-order valence-electron chi connectivity index (χ2n) is 11.4. The predicted octanol–water partition coefficient (Wildman–Crippen LogP) is 5.32. The molecular weight excluding hydrogens is 430 g/mol. The molecule has 1 amide bonds. The Hall–Kier alpha value is -2.19. The van der Waals surface area contributed by atoms with Gasteiger partial charge in [-0.05, 0) is 37.4 Å². The Morgan fingerprint density at radius 1 is 1.18 bits per heavy atom. The first-order valence-corrected chi connectivity index (χ1v) is 16.0. The van der Waals surface area contributed by atoms with Crippen LogP contribution in [0.1, 0.15) is 56.5 Å². The van der Waals surface area contributed by atoms with E-state index in [4.69, 9.17) is 9.84 Å². The Balaban J connectivity index is 1.61. The Morgan fingerprint density at radius 3 is 2.79 bits per heavy atom. The van der Waals surface area contributed by atoms with Crippen molar-refractivity contribution in [2.75, 3.05) is 11.9 Å². The number of fused-ring (bicyclic) bond motifs is 3. The van der Waals surface area contributed by atoms with Crippen molar-refractivity contribution in [1.82, 2.24) is 19.7 Å². The van der Waals surface area contributed by atoms with Crippen LogP contribution in [-0.4, -0.2) is 40.3 Å². The number of nitrogens with zero attached hydrogens (tertiary/aromatic N) is 4. The summed E-state index contributed by atoms with van der Waals surface area (Å²) in [6.07, 6.45) is 6.98. The first-order valence-electron chi connectivity index (χ1n) is 12.3. The molecule has 0 unspecified atom stereocenters. The molecule has 2 aromatic rings. The second-order valence-corrected chi connectivity index (χ2v) is 17.0. The lowest BCUT2D eigenvalue weighted by Crippen LogP contribution is -2.38. The lowest BCUT2D eigenvalue weighted by atomic mass is 9.85. The van der Waals surface area contributed by atoms with Gasteiger partial charge in [-0.2, -0.15) is 5.10 Å². The maximum absolute atomic E-state index is 13.5. The summed E-state index contributed by atoms with van der Waals surface area (Å²) >= 11 is 0. The average Bonchev–Trinajstić information content (AvgIpc) is 3.30. The summed E-state index contributed by atoms with van der Waals surface area (Å²) in [5.74, 6) is 1.05. The van der Waals surface area contributed by atoms with E-state index in [0.717, 1.165) is 73.2 Å². The molecule has 1 N–H and O–H groups in total. The fraction of sp³-hybridized carbons (Fsp3) is 0.640.